The summed E-state index contributed by atoms with van der Waals surface area (Å²) >= 11 is 0. The quantitative estimate of drug-likeness (QED) is 0.503. The molecule has 1 fully saturated rings. The summed E-state index contributed by atoms with van der Waals surface area (Å²) < 4.78 is 0. The van der Waals surface area contributed by atoms with Gasteiger partial charge in [-0.1, -0.05) is 54.6 Å². The van der Waals surface area contributed by atoms with E-state index in [4.69, 9.17) is 0 Å². The number of rotatable bonds is 6. The number of likely N-dealkylation sites (tertiary alicyclic amines) is 1. The van der Waals surface area contributed by atoms with Crippen molar-refractivity contribution < 1.29 is 9.72 Å². The van der Waals surface area contributed by atoms with Crippen LogP contribution < -0.4 is 5.32 Å². The fraction of sp³-hybridized carbons (Fsp3) is 0.261. The third kappa shape index (κ3) is 3.98. The van der Waals surface area contributed by atoms with E-state index in [0.717, 1.165) is 25.9 Å². The van der Waals surface area contributed by atoms with Crippen LogP contribution in [0.1, 0.15) is 34.8 Å². The van der Waals surface area contributed by atoms with Gasteiger partial charge in [-0.15, -0.1) is 0 Å². The monoisotopic (exact) mass is 389 g/mol. The fourth-order valence-corrected chi connectivity index (χ4v) is 4.14. The highest BCUT2D eigenvalue weighted by Crippen LogP contribution is 2.30. The molecule has 1 heterocycles. The molecular formula is C23H23N3O3. The SMILES string of the molecule is O=C(NC[C@H](c1cccc2ccccc12)N1CCCC1)c1ccccc1[N+](=O)[O-]. The van der Waals surface area contributed by atoms with Crippen LogP contribution in [0.25, 0.3) is 10.8 Å². The molecule has 1 amide bonds. The standard InChI is InChI=1S/C23H23N3O3/c27-23(20-11-3-4-13-21(20)26(28)29)24-16-22(25-14-5-6-15-25)19-12-7-9-17-8-1-2-10-18(17)19/h1-4,7-13,22H,5-6,14-16H2,(H,24,27)/t22-/m1/s1. The highest BCUT2D eigenvalue weighted by atomic mass is 16.6. The van der Waals surface area contributed by atoms with Crippen LogP contribution in [0.5, 0.6) is 0 Å². The van der Waals surface area contributed by atoms with E-state index < -0.39 is 10.8 Å². The molecule has 0 spiro atoms. The lowest BCUT2D eigenvalue weighted by molar-refractivity contribution is -0.385. The summed E-state index contributed by atoms with van der Waals surface area (Å²) in [4.78, 5) is 25.9. The minimum Gasteiger partial charge on any atom is -0.350 e. The average Bonchev–Trinajstić information content (AvgIpc) is 3.28. The van der Waals surface area contributed by atoms with E-state index in [9.17, 15) is 14.9 Å². The molecule has 1 atom stereocenters. The normalized spacial score (nSPS) is 15.3. The largest absolute Gasteiger partial charge is 0.350 e. The number of carbonyl (C=O) groups is 1. The predicted octanol–water partition coefficient (Wildman–Crippen LogP) is 4.31. The second-order valence-electron chi connectivity index (χ2n) is 7.31. The van der Waals surface area contributed by atoms with Gasteiger partial charge in [-0.3, -0.25) is 19.8 Å². The van der Waals surface area contributed by atoms with E-state index in [1.54, 1.807) is 12.1 Å². The van der Waals surface area contributed by atoms with Gasteiger partial charge in [0.1, 0.15) is 5.56 Å². The Labute approximate surface area is 169 Å². The minimum absolute atomic E-state index is 0.0234. The van der Waals surface area contributed by atoms with E-state index in [0.29, 0.717) is 6.54 Å². The van der Waals surface area contributed by atoms with Gasteiger partial charge < -0.3 is 5.32 Å². The number of hydrogen-bond acceptors (Lipinski definition) is 4. The van der Waals surface area contributed by atoms with Crippen molar-refractivity contribution in [2.75, 3.05) is 19.6 Å². The Morgan fingerprint density at radius 1 is 1.00 bits per heavy atom. The molecule has 29 heavy (non-hydrogen) atoms. The molecule has 0 saturated carbocycles. The van der Waals surface area contributed by atoms with Gasteiger partial charge in [-0.05, 0) is 48.3 Å². The van der Waals surface area contributed by atoms with Gasteiger partial charge in [0, 0.05) is 12.6 Å². The number of nitrogens with zero attached hydrogens (tertiary/aromatic N) is 2. The molecule has 0 aliphatic carbocycles. The zero-order valence-electron chi connectivity index (χ0n) is 16.1. The van der Waals surface area contributed by atoms with Gasteiger partial charge in [-0.25, -0.2) is 0 Å². The van der Waals surface area contributed by atoms with E-state index in [1.165, 1.54) is 28.5 Å². The topological polar surface area (TPSA) is 75.5 Å². The molecular weight excluding hydrogens is 366 g/mol. The Balaban J connectivity index is 1.62. The van der Waals surface area contributed by atoms with E-state index in [1.807, 2.05) is 18.2 Å². The number of nitro groups is 1. The lowest BCUT2D eigenvalue weighted by atomic mass is 9.97. The number of carbonyl (C=O) groups excluding carboxylic acids is 1. The molecule has 1 aliphatic heterocycles. The number of amides is 1. The molecule has 148 valence electrons. The number of hydrogen-bond donors (Lipinski definition) is 1. The number of nitrogens with one attached hydrogen (secondary N) is 1. The van der Waals surface area contributed by atoms with Gasteiger partial charge in [0.2, 0.25) is 0 Å². The fourth-order valence-electron chi connectivity index (χ4n) is 4.14. The predicted molar refractivity (Wildman–Crippen MR) is 113 cm³/mol. The van der Waals surface area contributed by atoms with Crippen LogP contribution in [0.3, 0.4) is 0 Å². The van der Waals surface area contributed by atoms with Crippen molar-refractivity contribution in [1.29, 1.82) is 0 Å². The zero-order chi connectivity index (χ0) is 20.2. The first-order valence-corrected chi connectivity index (χ1v) is 9.88. The summed E-state index contributed by atoms with van der Waals surface area (Å²) in [5.74, 6) is -0.415. The lowest BCUT2D eigenvalue weighted by Gasteiger charge is -2.29. The first-order valence-electron chi connectivity index (χ1n) is 9.88. The summed E-state index contributed by atoms with van der Waals surface area (Å²) in [6.45, 7) is 2.36. The summed E-state index contributed by atoms with van der Waals surface area (Å²) in [5, 5.41) is 16.5. The van der Waals surface area contributed by atoms with Crippen molar-refractivity contribution in [3.63, 3.8) is 0 Å². The maximum Gasteiger partial charge on any atom is 0.282 e. The Morgan fingerprint density at radius 3 is 2.48 bits per heavy atom. The average molecular weight is 389 g/mol. The van der Waals surface area contributed by atoms with Crippen LogP contribution in [-0.2, 0) is 0 Å². The Kier molecular flexibility index (Phi) is 5.53. The molecule has 0 unspecified atom stereocenters. The van der Waals surface area contributed by atoms with E-state index >= 15 is 0 Å². The van der Waals surface area contributed by atoms with Crippen molar-refractivity contribution in [1.82, 2.24) is 10.2 Å². The van der Waals surface area contributed by atoms with Crippen LogP contribution in [0.2, 0.25) is 0 Å². The van der Waals surface area contributed by atoms with Crippen LogP contribution >= 0.6 is 0 Å². The van der Waals surface area contributed by atoms with Gasteiger partial charge in [-0.2, -0.15) is 0 Å². The van der Waals surface area contributed by atoms with Crippen molar-refractivity contribution >= 4 is 22.4 Å². The van der Waals surface area contributed by atoms with Crippen molar-refractivity contribution in [2.45, 2.75) is 18.9 Å². The summed E-state index contributed by atoms with van der Waals surface area (Å²) in [6, 6.07) is 20.6. The Hall–Kier alpha value is -3.25. The van der Waals surface area contributed by atoms with Crippen LogP contribution in [0, 0.1) is 10.1 Å². The van der Waals surface area contributed by atoms with Gasteiger partial charge in [0.15, 0.2) is 0 Å². The Bertz CT molecular complexity index is 1040. The maximum absolute atomic E-state index is 12.8. The molecule has 3 aromatic carbocycles. The molecule has 0 aromatic heterocycles. The smallest absolute Gasteiger partial charge is 0.282 e. The Morgan fingerprint density at radius 2 is 1.69 bits per heavy atom. The summed E-state index contributed by atoms with van der Waals surface area (Å²) in [5.41, 5.74) is 1.09. The highest BCUT2D eigenvalue weighted by molar-refractivity contribution is 5.98. The van der Waals surface area contributed by atoms with Gasteiger partial charge in [0.25, 0.3) is 11.6 Å². The van der Waals surface area contributed by atoms with Crippen molar-refractivity contribution in [3.8, 4) is 0 Å². The number of benzene rings is 3. The molecule has 0 bridgehead atoms. The highest BCUT2D eigenvalue weighted by Gasteiger charge is 2.26. The summed E-state index contributed by atoms with van der Waals surface area (Å²) in [6.07, 6.45) is 2.28. The van der Waals surface area contributed by atoms with Gasteiger partial charge >= 0.3 is 0 Å². The third-order valence-corrected chi connectivity index (χ3v) is 5.57. The van der Waals surface area contributed by atoms with Crippen LogP contribution in [-0.4, -0.2) is 35.4 Å². The first kappa shape index (κ1) is 19.1. The van der Waals surface area contributed by atoms with Crippen LogP contribution in [0.15, 0.2) is 66.7 Å². The maximum atomic E-state index is 12.8. The van der Waals surface area contributed by atoms with Crippen LogP contribution in [0.4, 0.5) is 5.69 Å². The van der Waals surface area contributed by atoms with Crippen molar-refractivity contribution in [3.05, 3.63) is 88.0 Å². The number of para-hydroxylation sites is 1. The third-order valence-electron chi connectivity index (χ3n) is 5.57. The molecule has 1 aliphatic rings. The lowest BCUT2D eigenvalue weighted by Crippen LogP contribution is -2.37. The first-order chi connectivity index (χ1) is 14.1. The molecule has 1 N–H and O–H groups in total. The second kappa shape index (κ2) is 8.41. The summed E-state index contributed by atoms with van der Waals surface area (Å²) in [7, 11) is 0. The van der Waals surface area contributed by atoms with E-state index in [-0.39, 0.29) is 17.3 Å². The van der Waals surface area contributed by atoms with Gasteiger partial charge in [0.05, 0.1) is 11.0 Å². The molecule has 1 saturated heterocycles. The minimum atomic E-state index is -0.516. The molecule has 0 radical (unpaired) electrons. The van der Waals surface area contributed by atoms with E-state index in [2.05, 4.69) is 34.5 Å². The molecule has 6 nitrogen and oxygen atoms in total. The zero-order valence-corrected chi connectivity index (χ0v) is 16.1. The number of nitro benzene ring substituents is 1. The molecule has 6 heteroatoms. The second-order valence-corrected chi connectivity index (χ2v) is 7.31. The molecule has 4 rings (SSSR count). The van der Waals surface area contributed by atoms with Crippen molar-refractivity contribution in [2.24, 2.45) is 0 Å². The molecule has 3 aromatic rings. The number of fused-ring (bicyclic) bond motifs is 1.